The van der Waals surface area contributed by atoms with Gasteiger partial charge >= 0.3 is 12.2 Å². The molecule has 310 valence electrons. The zero-order chi connectivity index (χ0) is 40.8. The summed E-state index contributed by atoms with van der Waals surface area (Å²) in [6.07, 6.45) is 6.59. The fourth-order valence-electron chi connectivity index (χ4n) is 5.73. The molecule has 1 atom stereocenters. The Kier molecular flexibility index (Phi) is 23.1. The highest BCUT2D eigenvalue weighted by atomic mass is 16.6. The number of nitrogens with zero attached hydrogens (tertiary/aromatic N) is 2. The molecule has 0 aliphatic heterocycles. The maximum atomic E-state index is 13.3. The Morgan fingerprint density at radius 2 is 1.16 bits per heavy atom. The van der Waals surface area contributed by atoms with Crippen molar-refractivity contribution in [2.24, 2.45) is 16.5 Å². The minimum atomic E-state index is -0.854. The predicted octanol–water partition coefficient (Wildman–Crippen LogP) is 5.54. The molecule has 0 radical (unpaired) electrons. The van der Waals surface area contributed by atoms with E-state index in [0.29, 0.717) is 65.0 Å². The Hall–Kier alpha value is -5.63. The van der Waals surface area contributed by atoms with Crippen molar-refractivity contribution in [1.29, 1.82) is 0 Å². The second kappa shape index (κ2) is 28.7. The number of amides is 4. The van der Waals surface area contributed by atoms with Crippen LogP contribution in [0.25, 0.3) is 0 Å². The molecule has 14 heteroatoms. The minimum Gasteiger partial charge on any atom is -0.445 e. The van der Waals surface area contributed by atoms with Crippen molar-refractivity contribution in [3.63, 3.8) is 0 Å². The normalized spacial score (nSPS) is 11.2. The summed E-state index contributed by atoms with van der Waals surface area (Å²) in [4.78, 5) is 57.0. The van der Waals surface area contributed by atoms with Gasteiger partial charge in [-0.05, 0) is 48.8 Å². The van der Waals surface area contributed by atoms with E-state index >= 15 is 0 Å². The highest BCUT2D eigenvalue weighted by Crippen LogP contribution is 2.09. The van der Waals surface area contributed by atoms with Crippen molar-refractivity contribution < 1.29 is 33.4 Å². The van der Waals surface area contributed by atoms with Crippen LogP contribution in [-0.2, 0) is 43.6 Å². The zero-order valence-electron chi connectivity index (χ0n) is 33.1. The van der Waals surface area contributed by atoms with E-state index in [9.17, 15) is 19.2 Å². The second-order valence-electron chi connectivity index (χ2n) is 13.7. The van der Waals surface area contributed by atoms with Crippen molar-refractivity contribution in [2.45, 2.75) is 90.1 Å². The topological polar surface area (TPSA) is 200 Å². The second-order valence-corrected chi connectivity index (χ2v) is 13.7. The van der Waals surface area contributed by atoms with Crippen LogP contribution in [-0.4, -0.2) is 80.2 Å². The first-order valence-corrected chi connectivity index (χ1v) is 19.9. The highest BCUT2D eigenvalue weighted by molar-refractivity contribution is 5.87. The first-order valence-electron chi connectivity index (χ1n) is 19.9. The summed E-state index contributed by atoms with van der Waals surface area (Å²) in [5.41, 5.74) is 13.4. The summed E-state index contributed by atoms with van der Waals surface area (Å²) in [6.45, 7) is 2.66. The molecule has 3 aromatic rings. The Morgan fingerprint density at radius 1 is 0.614 bits per heavy atom. The molecule has 0 aliphatic carbocycles. The van der Waals surface area contributed by atoms with Gasteiger partial charge < -0.3 is 46.5 Å². The van der Waals surface area contributed by atoms with E-state index in [2.05, 4.69) is 20.9 Å². The number of benzene rings is 3. The number of carbonyl (C=O) groups is 4. The van der Waals surface area contributed by atoms with Crippen molar-refractivity contribution in [2.75, 3.05) is 39.3 Å². The maximum absolute atomic E-state index is 13.3. The Labute approximate surface area is 337 Å². The number of hydrogen-bond donors (Lipinski definition) is 5. The van der Waals surface area contributed by atoms with Crippen LogP contribution in [0.2, 0.25) is 0 Å². The third-order valence-electron chi connectivity index (χ3n) is 8.86. The van der Waals surface area contributed by atoms with E-state index in [4.69, 9.17) is 25.7 Å². The molecule has 0 unspecified atom stereocenters. The van der Waals surface area contributed by atoms with E-state index < -0.39 is 18.2 Å². The molecule has 0 saturated heterocycles. The van der Waals surface area contributed by atoms with E-state index in [-0.39, 0.29) is 37.6 Å². The summed E-state index contributed by atoms with van der Waals surface area (Å²) in [5, 5.41) is 8.52. The van der Waals surface area contributed by atoms with Crippen LogP contribution in [0, 0.1) is 0 Å². The molecule has 0 saturated carbocycles. The average Bonchev–Trinajstić information content (AvgIpc) is 3.22. The van der Waals surface area contributed by atoms with E-state index in [1.54, 1.807) is 4.90 Å². The molecular weight excluding hydrogens is 727 g/mol. The van der Waals surface area contributed by atoms with Gasteiger partial charge in [-0.1, -0.05) is 117 Å². The number of guanidine groups is 1. The van der Waals surface area contributed by atoms with Gasteiger partial charge in [-0.15, -0.1) is 0 Å². The molecule has 7 N–H and O–H groups in total. The number of ether oxygens (including phenoxy) is 3. The quantitative estimate of drug-likeness (QED) is 0.0356. The molecule has 3 aromatic carbocycles. The number of nitrogens with two attached hydrogens (primary N) is 2. The standard InChI is InChI=1S/C43H61N7O7/c44-41(45)47-27-15-4-2-1-3-14-25-39(51)49-38(34-55-31-35-19-8-5-9-20-35)40(52)46-26-16-17-29-50(43(54)57-33-37-23-12-7-13-24-37)30-18-28-48-42(53)56-32-36-21-10-6-11-22-36/h5-13,19-24,38H,1-4,14-18,25-34H2,(H,46,52)(H,48,53)(H,49,51)(H4,44,45,47)/t38-/m0/s1. The van der Waals surface area contributed by atoms with Gasteiger partial charge in [0.2, 0.25) is 11.8 Å². The summed E-state index contributed by atoms with van der Waals surface area (Å²) in [6, 6.07) is 27.6. The summed E-state index contributed by atoms with van der Waals surface area (Å²) >= 11 is 0. The molecule has 57 heavy (non-hydrogen) atoms. The Bertz CT molecular complexity index is 1590. The Balaban J connectivity index is 1.43. The van der Waals surface area contributed by atoms with Gasteiger partial charge in [0.1, 0.15) is 19.3 Å². The molecular formula is C43H61N7O7. The lowest BCUT2D eigenvalue weighted by Crippen LogP contribution is -2.49. The third-order valence-corrected chi connectivity index (χ3v) is 8.86. The third kappa shape index (κ3) is 21.9. The average molecular weight is 788 g/mol. The fraction of sp³-hybridized carbons (Fsp3) is 0.465. The number of nitrogens with one attached hydrogen (secondary N) is 3. The van der Waals surface area contributed by atoms with Crippen LogP contribution >= 0.6 is 0 Å². The van der Waals surface area contributed by atoms with Crippen LogP contribution < -0.4 is 27.4 Å². The number of carbonyl (C=O) groups excluding carboxylic acids is 4. The van der Waals surface area contributed by atoms with Gasteiger partial charge in [-0.2, -0.15) is 0 Å². The zero-order valence-corrected chi connectivity index (χ0v) is 33.1. The lowest BCUT2D eigenvalue weighted by atomic mass is 10.1. The van der Waals surface area contributed by atoms with Crippen molar-refractivity contribution >= 4 is 30.0 Å². The van der Waals surface area contributed by atoms with Crippen molar-refractivity contribution in [3.8, 4) is 0 Å². The SMILES string of the molecule is NC(N)=NCCCCCCCCC(=O)N[C@@H](COCc1ccccc1)C(=O)NCCCCN(CCCNC(=O)OCc1ccccc1)C(=O)OCc1ccccc1. The minimum absolute atomic E-state index is 0.0249. The largest absolute Gasteiger partial charge is 0.445 e. The molecule has 14 nitrogen and oxygen atoms in total. The molecule has 0 fully saturated rings. The van der Waals surface area contributed by atoms with Gasteiger partial charge in [0.25, 0.3) is 0 Å². The maximum Gasteiger partial charge on any atom is 0.410 e. The van der Waals surface area contributed by atoms with Gasteiger partial charge in [0, 0.05) is 39.1 Å². The molecule has 3 rings (SSSR count). The van der Waals surface area contributed by atoms with Crippen LogP contribution in [0.15, 0.2) is 96.0 Å². The first kappa shape index (κ1) is 45.8. The van der Waals surface area contributed by atoms with E-state index in [1.165, 1.54) is 0 Å². The van der Waals surface area contributed by atoms with Crippen LogP contribution in [0.5, 0.6) is 0 Å². The lowest BCUT2D eigenvalue weighted by Gasteiger charge is -2.23. The summed E-state index contributed by atoms with van der Waals surface area (Å²) in [5.74, 6) is -0.422. The monoisotopic (exact) mass is 787 g/mol. The number of aliphatic imine (C=N–C) groups is 1. The molecule has 0 aliphatic rings. The van der Waals surface area contributed by atoms with Gasteiger partial charge in [-0.25, -0.2) is 9.59 Å². The molecule has 0 heterocycles. The number of hydrogen-bond acceptors (Lipinski definition) is 8. The molecule has 4 amide bonds. The van der Waals surface area contributed by atoms with Gasteiger partial charge in [0.15, 0.2) is 5.96 Å². The van der Waals surface area contributed by atoms with Crippen molar-refractivity contribution in [1.82, 2.24) is 20.9 Å². The summed E-state index contributed by atoms with van der Waals surface area (Å²) in [7, 11) is 0. The lowest BCUT2D eigenvalue weighted by molar-refractivity contribution is -0.130. The number of unbranched alkanes of at least 4 members (excludes halogenated alkanes) is 6. The van der Waals surface area contributed by atoms with E-state index in [0.717, 1.165) is 55.2 Å². The van der Waals surface area contributed by atoms with Gasteiger partial charge in [0.05, 0.1) is 13.2 Å². The predicted molar refractivity (Wildman–Crippen MR) is 221 cm³/mol. The van der Waals surface area contributed by atoms with Gasteiger partial charge in [-0.3, -0.25) is 14.6 Å². The van der Waals surface area contributed by atoms with Crippen LogP contribution in [0.3, 0.4) is 0 Å². The molecule has 0 bridgehead atoms. The highest BCUT2D eigenvalue weighted by Gasteiger charge is 2.21. The first-order chi connectivity index (χ1) is 27.8. The van der Waals surface area contributed by atoms with Crippen molar-refractivity contribution in [3.05, 3.63) is 108 Å². The fourth-order valence-corrected chi connectivity index (χ4v) is 5.73. The van der Waals surface area contributed by atoms with E-state index in [1.807, 2.05) is 91.0 Å². The number of rotatable bonds is 28. The number of alkyl carbamates (subject to hydrolysis) is 1. The molecule has 0 aromatic heterocycles. The smallest absolute Gasteiger partial charge is 0.410 e. The van der Waals surface area contributed by atoms with Crippen LogP contribution in [0.1, 0.15) is 80.9 Å². The summed E-state index contributed by atoms with van der Waals surface area (Å²) < 4.78 is 16.7. The Morgan fingerprint density at radius 3 is 1.79 bits per heavy atom. The molecule has 0 spiro atoms. The van der Waals surface area contributed by atoms with Crippen LogP contribution in [0.4, 0.5) is 9.59 Å².